The first kappa shape index (κ1) is 16.3. The fraction of sp³-hybridized carbons (Fsp3) is 0.400. The largest absolute Gasteiger partial charge is 0.573 e. The first-order valence-corrected chi connectivity index (χ1v) is 7.28. The van der Waals surface area contributed by atoms with Crippen LogP contribution in [0, 0.1) is 5.41 Å². The van der Waals surface area contributed by atoms with E-state index in [4.69, 9.17) is 0 Å². The molecule has 128 valence electrons. The van der Waals surface area contributed by atoms with Crippen LogP contribution >= 0.6 is 0 Å². The SMILES string of the molecule is Cn1cnnc1NC(=O)C1(Cc2ccc(OC(F)(F)F)cc2)CC1. The zero-order valence-electron chi connectivity index (χ0n) is 12.8. The molecule has 2 aromatic rings. The Morgan fingerprint density at radius 1 is 1.33 bits per heavy atom. The van der Waals surface area contributed by atoms with E-state index in [0.29, 0.717) is 12.4 Å². The number of anilines is 1. The Labute approximate surface area is 135 Å². The Hall–Kier alpha value is -2.58. The van der Waals surface area contributed by atoms with E-state index in [1.54, 1.807) is 11.6 Å². The number of carbonyl (C=O) groups is 1. The van der Waals surface area contributed by atoms with E-state index < -0.39 is 11.8 Å². The molecule has 1 aliphatic carbocycles. The summed E-state index contributed by atoms with van der Waals surface area (Å²) in [6.07, 6.45) is -1.35. The number of rotatable bonds is 5. The van der Waals surface area contributed by atoms with Crippen molar-refractivity contribution in [2.75, 3.05) is 5.32 Å². The summed E-state index contributed by atoms with van der Waals surface area (Å²) in [5.74, 6) is -0.0750. The molecule has 1 N–H and O–H groups in total. The molecule has 1 heterocycles. The van der Waals surface area contributed by atoms with Gasteiger partial charge in [-0.15, -0.1) is 23.4 Å². The Morgan fingerprint density at radius 3 is 2.50 bits per heavy atom. The van der Waals surface area contributed by atoms with Gasteiger partial charge in [0.1, 0.15) is 12.1 Å². The Bertz CT molecular complexity index is 736. The van der Waals surface area contributed by atoms with Gasteiger partial charge in [0.2, 0.25) is 11.9 Å². The molecule has 0 saturated heterocycles. The topological polar surface area (TPSA) is 69.0 Å². The normalized spacial score (nSPS) is 15.8. The quantitative estimate of drug-likeness (QED) is 0.909. The third-order valence-corrected chi connectivity index (χ3v) is 3.97. The number of aromatic nitrogens is 3. The summed E-state index contributed by atoms with van der Waals surface area (Å²) in [6, 6.07) is 5.58. The highest BCUT2D eigenvalue weighted by molar-refractivity contribution is 5.96. The van der Waals surface area contributed by atoms with Crippen molar-refractivity contribution in [1.82, 2.24) is 14.8 Å². The first-order chi connectivity index (χ1) is 11.3. The van der Waals surface area contributed by atoms with E-state index in [9.17, 15) is 18.0 Å². The lowest BCUT2D eigenvalue weighted by atomic mass is 9.95. The zero-order valence-corrected chi connectivity index (χ0v) is 12.8. The van der Waals surface area contributed by atoms with Crippen LogP contribution in [0.25, 0.3) is 0 Å². The molecule has 0 aliphatic heterocycles. The van der Waals surface area contributed by atoms with Crippen molar-refractivity contribution in [1.29, 1.82) is 0 Å². The second-order valence-corrected chi connectivity index (χ2v) is 5.87. The smallest absolute Gasteiger partial charge is 0.406 e. The molecule has 0 radical (unpaired) electrons. The molecule has 1 aliphatic rings. The van der Waals surface area contributed by atoms with E-state index in [1.165, 1.54) is 30.6 Å². The first-order valence-electron chi connectivity index (χ1n) is 7.28. The second-order valence-electron chi connectivity index (χ2n) is 5.87. The van der Waals surface area contributed by atoms with Gasteiger partial charge in [-0.1, -0.05) is 12.1 Å². The maximum atomic E-state index is 12.4. The minimum atomic E-state index is -4.71. The summed E-state index contributed by atoms with van der Waals surface area (Å²) in [5.41, 5.74) is 0.230. The van der Waals surface area contributed by atoms with Gasteiger partial charge < -0.3 is 9.30 Å². The Kier molecular flexibility index (Phi) is 3.94. The standard InChI is InChI=1S/C15H15F3N4O2/c1-22-9-19-21-13(22)20-12(23)14(6-7-14)8-10-2-4-11(5-3-10)24-15(16,17)18/h2-5,9H,6-8H2,1H3,(H,20,21,23). The molecule has 0 unspecified atom stereocenters. The summed E-state index contributed by atoms with van der Waals surface area (Å²) < 4.78 is 41.9. The molecule has 0 spiro atoms. The van der Waals surface area contributed by atoms with Crippen molar-refractivity contribution in [3.8, 4) is 5.75 Å². The van der Waals surface area contributed by atoms with Crippen molar-refractivity contribution in [3.63, 3.8) is 0 Å². The number of ether oxygens (including phenoxy) is 1. The minimum absolute atomic E-state index is 0.158. The number of benzene rings is 1. The predicted molar refractivity (Wildman–Crippen MR) is 78.1 cm³/mol. The highest BCUT2D eigenvalue weighted by Crippen LogP contribution is 2.49. The molecule has 1 aromatic heterocycles. The number of halogens is 3. The van der Waals surface area contributed by atoms with Gasteiger partial charge in [-0.2, -0.15) is 0 Å². The third-order valence-electron chi connectivity index (χ3n) is 3.97. The third kappa shape index (κ3) is 3.66. The average Bonchev–Trinajstić information content (AvgIpc) is 3.17. The van der Waals surface area contributed by atoms with Crippen LogP contribution in [0.15, 0.2) is 30.6 Å². The van der Waals surface area contributed by atoms with Crippen LogP contribution in [-0.2, 0) is 18.3 Å². The molecule has 1 amide bonds. The number of carbonyl (C=O) groups excluding carboxylic acids is 1. The van der Waals surface area contributed by atoms with Gasteiger partial charge >= 0.3 is 6.36 Å². The van der Waals surface area contributed by atoms with Gasteiger partial charge in [0.15, 0.2) is 0 Å². The summed E-state index contributed by atoms with van der Waals surface area (Å²) in [7, 11) is 1.72. The molecule has 9 heteroatoms. The number of aryl methyl sites for hydroxylation is 1. The van der Waals surface area contributed by atoms with E-state index in [-0.39, 0.29) is 11.7 Å². The predicted octanol–water partition coefficient (Wildman–Crippen LogP) is 2.68. The van der Waals surface area contributed by atoms with Crippen molar-refractivity contribution >= 4 is 11.9 Å². The van der Waals surface area contributed by atoms with Crippen LogP contribution in [0.4, 0.5) is 19.1 Å². The molecule has 0 bridgehead atoms. The number of nitrogens with zero attached hydrogens (tertiary/aromatic N) is 3. The summed E-state index contributed by atoms with van der Waals surface area (Å²) in [5, 5.41) is 10.2. The van der Waals surface area contributed by atoms with Gasteiger partial charge in [-0.05, 0) is 37.0 Å². The second kappa shape index (κ2) is 5.81. The molecule has 0 atom stereocenters. The summed E-state index contributed by atoms with van der Waals surface area (Å²) in [4.78, 5) is 12.4. The minimum Gasteiger partial charge on any atom is -0.406 e. The van der Waals surface area contributed by atoms with Crippen molar-refractivity contribution in [2.24, 2.45) is 12.5 Å². The van der Waals surface area contributed by atoms with E-state index in [0.717, 1.165) is 18.4 Å². The van der Waals surface area contributed by atoms with E-state index in [1.807, 2.05) is 0 Å². The molecule has 1 aromatic carbocycles. The highest BCUT2D eigenvalue weighted by Gasteiger charge is 2.49. The zero-order chi connectivity index (χ0) is 17.4. The number of amides is 1. The number of hydrogen-bond acceptors (Lipinski definition) is 4. The fourth-order valence-corrected chi connectivity index (χ4v) is 2.47. The van der Waals surface area contributed by atoms with Crippen LogP contribution in [0.1, 0.15) is 18.4 Å². The molecule has 6 nitrogen and oxygen atoms in total. The molecular formula is C15H15F3N4O2. The highest BCUT2D eigenvalue weighted by atomic mass is 19.4. The molecule has 1 saturated carbocycles. The van der Waals surface area contributed by atoms with Crippen LogP contribution in [-0.4, -0.2) is 27.0 Å². The lowest BCUT2D eigenvalue weighted by Crippen LogP contribution is -2.27. The van der Waals surface area contributed by atoms with Crippen LogP contribution in [0.3, 0.4) is 0 Å². The van der Waals surface area contributed by atoms with E-state index in [2.05, 4.69) is 20.3 Å². The monoisotopic (exact) mass is 340 g/mol. The Morgan fingerprint density at radius 2 is 2.00 bits per heavy atom. The van der Waals surface area contributed by atoms with Crippen molar-refractivity contribution in [2.45, 2.75) is 25.6 Å². The number of hydrogen-bond donors (Lipinski definition) is 1. The fourth-order valence-electron chi connectivity index (χ4n) is 2.47. The van der Waals surface area contributed by atoms with E-state index >= 15 is 0 Å². The van der Waals surface area contributed by atoms with Crippen molar-refractivity contribution in [3.05, 3.63) is 36.2 Å². The summed E-state index contributed by atoms with van der Waals surface area (Å²) >= 11 is 0. The van der Waals surface area contributed by atoms with Gasteiger partial charge in [0, 0.05) is 7.05 Å². The molecule has 3 rings (SSSR count). The molecule has 24 heavy (non-hydrogen) atoms. The van der Waals surface area contributed by atoms with Crippen LogP contribution < -0.4 is 10.1 Å². The summed E-state index contributed by atoms with van der Waals surface area (Å²) in [6.45, 7) is 0. The average molecular weight is 340 g/mol. The van der Waals surface area contributed by atoms with Crippen LogP contribution in [0.5, 0.6) is 5.75 Å². The lowest BCUT2D eigenvalue weighted by molar-refractivity contribution is -0.274. The Balaban J connectivity index is 1.64. The van der Waals surface area contributed by atoms with Gasteiger partial charge in [0.25, 0.3) is 0 Å². The molecule has 1 fully saturated rings. The van der Waals surface area contributed by atoms with Gasteiger partial charge in [-0.25, -0.2) is 0 Å². The van der Waals surface area contributed by atoms with Gasteiger partial charge in [-0.3, -0.25) is 10.1 Å². The number of alkyl halides is 3. The lowest BCUT2D eigenvalue weighted by Gasteiger charge is -2.15. The van der Waals surface area contributed by atoms with Gasteiger partial charge in [0.05, 0.1) is 5.41 Å². The van der Waals surface area contributed by atoms with Crippen LogP contribution in [0.2, 0.25) is 0 Å². The number of nitrogens with one attached hydrogen (secondary N) is 1. The van der Waals surface area contributed by atoms with Crippen molar-refractivity contribution < 1.29 is 22.7 Å². The maximum absolute atomic E-state index is 12.4. The molecular weight excluding hydrogens is 325 g/mol. The maximum Gasteiger partial charge on any atom is 0.573 e.